The largest absolute Gasteiger partial charge is 0.303 e. The van der Waals surface area contributed by atoms with Crippen molar-refractivity contribution in [3.63, 3.8) is 0 Å². The Kier molecular flexibility index (Phi) is 2.09. The first-order chi connectivity index (χ1) is 6.49. The average Bonchev–Trinajstić information content (AvgIpc) is 2.28. The molecule has 0 aromatic rings. The van der Waals surface area contributed by atoms with Crippen LogP contribution in [0, 0.1) is 16.7 Å². The van der Waals surface area contributed by atoms with Crippen molar-refractivity contribution in [1.29, 1.82) is 0 Å². The summed E-state index contributed by atoms with van der Waals surface area (Å²) in [4.78, 5) is 11.2. The van der Waals surface area contributed by atoms with E-state index in [1.54, 1.807) is 0 Å². The summed E-state index contributed by atoms with van der Waals surface area (Å²) in [6.07, 6.45) is 8.41. The highest BCUT2D eigenvalue weighted by atomic mass is 16.1. The molecule has 2 atom stereocenters. The molecule has 0 N–H and O–H groups in total. The third kappa shape index (κ3) is 1.25. The highest BCUT2D eigenvalue weighted by molar-refractivity contribution is 5.63. The molecule has 2 unspecified atom stereocenters. The Balaban J connectivity index is 2.43. The van der Waals surface area contributed by atoms with Gasteiger partial charge < -0.3 is 4.79 Å². The van der Waals surface area contributed by atoms with Gasteiger partial charge in [-0.2, -0.15) is 0 Å². The molecule has 0 aromatic heterocycles. The van der Waals surface area contributed by atoms with Gasteiger partial charge >= 0.3 is 0 Å². The first kappa shape index (κ1) is 9.95. The number of fused-ring (bicyclic) bond motifs is 1. The topological polar surface area (TPSA) is 17.1 Å². The minimum atomic E-state index is 0.173. The SMILES string of the molecule is CC12CCCC=C1C(C=O)C(C)(C)C2. The van der Waals surface area contributed by atoms with Gasteiger partial charge in [0.05, 0.1) is 0 Å². The zero-order chi connectivity index (χ0) is 10.4. The van der Waals surface area contributed by atoms with Gasteiger partial charge in [-0.25, -0.2) is 0 Å². The van der Waals surface area contributed by atoms with E-state index in [1.165, 1.54) is 37.5 Å². The molecule has 0 heterocycles. The number of carbonyl (C=O) groups excluding carboxylic acids is 1. The van der Waals surface area contributed by atoms with Crippen molar-refractivity contribution in [3.05, 3.63) is 11.6 Å². The Hall–Kier alpha value is -0.590. The van der Waals surface area contributed by atoms with Crippen LogP contribution in [0.1, 0.15) is 46.5 Å². The van der Waals surface area contributed by atoms with Gasteiger partial charge in [-0.05, 0) is 36.5 Å². The molecule has 0 spiro atoms. The van der Waals surface area contributed by atoms with Crippen LogP contribution >= 0.6 is 0 Å². The number of carbonyl (C=O) groups is 1. The molecule has 2 aliphatic rings. The summed E-state index contributed by atoms with van der Waals surface area (Å²) in [7, 11) is 0. The molecule has 0 saturated heterocycles. The Morgan fingerprint density at radius 2 is 2.14 bits per heavy atom. The van der Waals surface area contributed by atoms with Gasteiger partial charge in [-0.3, -0.25) is 0 Å². The Bertz CT molecular complexity index is 288. The summed E-state index contributed by atoms with van der Waals surface area (Å²) in [5.74, 6) is 0.174. The molecule has 2 rings (SSSR count). The first-order valence-electron chi connectivity index (χ1n) is 5.65. The maximum Gasteiger partial charge on any atom is 0.127 e. The Labute approximate surface area is 86.6 Å². The quantitative estimate of drug-likeness (QED) is 0.460. The molecule has 1 saturated carbocycles. The lowest BCUT2D eigenvalue weighted by Gasteiger charge is -2.30. The zero-order valence-electron chi connectivity index (χ0n) is 9.47. The van der Waals surface area contributed by atoms with Crippen LogP contribution in [0.25, 0.3) is 0 Å². The van der Waals surface area contributed by atoms with E-state index >= 15 is 0 Å². The van der Waals surface area contributed by atoms with Crippen molar-refractivity contribution in [2.45, 2.75) is 46.5 Å². The fourth-order valence-corrected chi connectivity index (χ4v) is 3.63. The van der Waals surface area contributed by atoms with E-state index in [2.05, 4.69) is 26.8 Å². The molecule has 0 aromatic carbocycles. The fraction of sp³-hybridized carbons (Fsp3) is 0.769. The van der Waals surface area contributed by atoms with E-state index in [0.29, 0.717) is 5.41 Å². The third-order valence-corrected chi connectivity index (χ3v) is 4.15. The number of aldehydes is 1. The van der Waals surface area contributed by atoms with Gasteiger partial charge in [-0.1, -0.05) is 32.4 Å². The van der Waals surface area contributed by atoms with Crippen molar-refractivity contribution in [2.75, 3.05) is 0 Å². The summed E-state index contributed by atoms with van der Waals surface area (Å²) in [5.41, 5.74) is 1.93. The van der Waals surface area contributed by atoms with Gasteiger partial charge in [0.15, 0.2) is 0 Å². The third-order valence-electron chi connectivity index (χ3n) is 4.15. The minimum Gasteiger partial charge on any atom is -0.303 e. The van der Waals surface area contributed by atoms with Gasteiger partial charge in [0.1, 0.15) is 6.29 Å². The van der Waals surface area contributed by atoms with E-state index in [-0.39, 0.29) is 11.3 Å². The lowest BCUT2D eigenvalue weighted by atomic mass is 9.74. The first-order valence-corrected chi connectivity index (χ1v) is 5.65. The molecule has 1 nitrogen and oxygen atoms in total. The molecular formula is C13H20O. The molecule has 0 aliphatic heterocycles. The summed E-state index contributed by atoms with van der Waals surface area (Å²) in [6, 6.07) is 0. The molecule has 0 radical (unpaired) electrons. The summed E-state index contributed by atoms with van der Waals surface area (Å²) < 4.78 is 0. The van der Waals surface area contributed by atoms with Crippen molar-refractivity contribution < 1.29 is 4.79 Å². The van der Waals surface area contributed by atoms with Crippen molar-refractivity contribution in [1.82, 2.24) is 0 Å². The maximum absolute atomic E-state index is 11.2. The molecule has 14 heavy (non-hydrogen) atoms. The van der Waals surface area contributed by atoms with Gasteiger partial charge in [0, 0.05) is 5.92 Å². The normalized spacial score (nSPS) is 40.2. The van der Waals surface area contributed by atoms with E-state index in [1.807, 2.05) is 0 Å². The number of rotatable bonds is 1. The van der Waals surface area contributed by atoms with Crippen LogP contribution in [0.15, 0.2) is 11.6 Å². The predicted molar refractivity (Wildman–Crippen MR) is 58.0 cm³/mol. The minimum absolute atomic E-state index is 0.173. The molecule has 2 aliphatic carbocycles. The second kappa shape index (κ2) is 2.95. The lowest BCUT2D eigenvalue weighted by molar-refractivity contribution is -0.112. The molecule has 0 amide bonds. The molecule has 1 heteroatoms. The van der Waals surface area contributed by atoms with E-state index in [9.17, 15) is 4.79 Å². The van der Waals surface area contributed by atoms with Crippen LogP contribution in [-0.2, 0) is 4.79 Å². The number of hydrogen-bond acceptors (Lipinski definition) is 1. The predicted octanol–water partition coefficient (Wildman–Crippen LogP) is 3.35. The monoisotopic (exact) mass is 192 g/mol. The standard InChI is InChI=1S/C13H20O/c1-12(2)9-13(3)7-5-4-6-10(13)11(12)8-14/h6,8,11H,4-5,7,9H2,1-3H3. The second-order valence-electron chi connectivity index (χ2n) is 5.89. The van der Waals surface area contributed by atoms with Crippen molar-refractivity contribution >= 4 is 6.29 Å². The smallest absolute Gasteiger partial charge is 0.127 e. The molecule has 78 valence electrons. The highest BCUT2D eigenvalue weighted by Crippen LogP contribution is 2.59. The molecule has 0 bridgehead atoms. The van der Waals surface area contributed by atoms with Crippen LogP contribution in [-0.4, -0.2) is 6.29 Å². The maximum atomic E-state index is 11.2. The Morgan fingerprint density at radius 1 is 1.43 bits per heavy atom. The summed E-state index contributed by atoms with van der Waals surface area (Å²) in [6.45, 7) is 6.80. The van der Waals surface area contributed by atoms with Gasteiger partial charge in [-0.15, -0.1) is 0 Å². The number of allylic oxidation sites excluding steroid dienone is 2. The van der Waals surface area contributed by atoms with Crippen LogP contribution < -0.4 is 0 Å². The van der Waals surface area contributed by atoms with Gasteiger partial charge in [0.25, 0.3) is 0 Å². The van der Waals surface area contributed by atoms with E-state index in [0.717, 1.165) is 0 Å². The molecular weight excluding hydrogens is 172 g/mol. The van der Waals surface area contributed by atoms with Gasteiger partial charge in [0.2, 0.25) is 0 Å². The number of hydrogen-bond donors (Lipinski definition) is 0. The summed E-state index contributed by atoms with van der Waals surface area (Å²) in [5, 5.41) is 0. The lowest BCUT2D eigenvalue weighted by Crippen LogP contribution is -2.20. The van der Waals surface area contributed by atoms with E-state index in [4.69, 9.17) is 0 Å². The fourth-order valence-electron chi connectivity index (χ4n) is 3.63. The van der Waals surface area contributed by atoms with Crippen molar-refractivity contribution in [2.24, 2.45) is 16.7 Å². The average molecular weight is 192 g/mol. The second-order valence-corrected chi connectivity index (χ2v) is 5.89. The van der Waals surface area contributed by atoms with Crippen LogP contribution in [0.2, 0.25) is 0 Å². The Morgan fingerprint density at radius 3 is 2.79 bits per heavy atom. The molecule has 1 fully saturated rings. The van der Waals surface area contributed by atoms with Crippen molar-refractivity contribution in [3.8, 4) is 0 Å². The zero-order valence-corrected chi connectivity index (χ0v) is 9.47. The van der Waals surface area contributed by atoms with Crippen LogP contribution in [0.5, 0.6) is 0 Å². The summed E-state index contributed by atoms with van der Waals surface area (Å²) >= 11 is 0. The van der Waals surface area contributed by atoms with Crippen LogP contribution in [0.3, 0.4) is 0 Å². The van der Waals surface area contributed by atoms with Crippen LogP contribution in [0.4, 0.5) is 0 Å². The highest BCUT2D eigenvalue weighted by Gasteiger charge is 2.50. The van der Waals surface area contributed by atoms with E-state index < -0.39 is 0 Å².